The highest BCUT2D eigenvalue weighted by atomic mass is 16.5. The van der Waals surface area contributed by atoms with Crippen LogP contribution in [0.2, 0.25) is 0 Å². The van der Waals surface area contributed by atoms with Crippen LogP contribution in [0.4, 0.5) is 0 Å². The normalized spacial score (nSPS) is 34.8. The smallest absolute Gasteiger partial charge is 0.0547 e. The van der Waals surface area contributed by atoms with Gasteiger partial charge in [-0.25, -0.2) is 0 Å². The molecule has 0 spiro atoms. The summed E-state index contributed by atoms with van der Waals surface area (Å²) < 4.78 is 10.8. The van der Waals surface area contributed by atoms with Crippen molar-refractivity contribution in [1.82, 2.24) is 0 Å². The van der Waals surface area contributed by atoms with Crippen LogP contribution in [0.15, 0.2) is 23.3 Å². The largest absolute Gasteiger partial charge is 0.378 e. The van der Waals surface area contributed by atoms with E-state index in [1.54, 1.807) is 11.1 Å². The summed E-state index contributed by atoms with van der Waals surface area (Å²) in [6, 6.07) is 0. The van der Waals surface area contributed by atoms with Gasteiger partial charge >= 0.3 is 0 Å². The van der Waals surface area contributed by atoms with Crippen LogP contribution < -0.4 is 0 Å². The van der Waals surface area contributed by atoms with E-state index in [-0.39, 0.29) is 0 Å². The van der Waals surface area contributed by atoms with Crippen LogP contribution in [0.5, 0.6) is 0 Å². The van der Waals surface area contributed by atoms with Gasteiger partial charge in [0.2, 0.25) is 0 Å². The van der Waals surface area contributed by atoms with Crippen molar-refractivity contribution in [3.8, 4) is 0 Å². The van der Waals surface area contributed by atoms with Gasteiger partial charge in [0.1, 0.15) is 0 Å². The summed E-state index contributed by atoms with van der Waals surface area (Å²) in [5, 5.41) is 0. The van der Waals surface area contributed by atoms with Crippen molar-refractivity contribution in [3.05, 3.63) is 23.3 Å². The Balaban J connectivity index is 0.000000213. The second kappa shape index (κ2) is 16.9. The van der Waals surface area contributed by atoms with Gasteiger partial charge in [0.05, 0.1) is 12.2 Å². The quantitative estimate of drug-likeness (QED) is 0.344. The lowest BCUT2D eigenvalue weighted by atomic mass is 9.92. The van der Waals surface area contributed by atoms with Crippen molar-refractivity contribution in [1.29, 1.82) is 0 Å². The molecular formula is C30H56O2. The van der Waals surface area contributed by atoms with Crippen molar-refractivity contribution in [2.75, 3.05) is 13.2 Å². The van der Waals surface area contributed by atoms with Crippen LogP contribution in [0.25, 0.3) is 0 Å². The highest BCUT2D eigenvalue weighted by Gasteiger charge is 2.14. The van der Waals surface area contributed by atoms with E-state index in [1.807, 2.05) is 0 Å². The first-order valence-corrected chi connectivity index (χ1v) is 13.7. The Bertz CT molecular complexity index is 451. The van der Waals surface area contributed by atoms with Crippen molar-refractivity contribution in [2.24, 2.45) is 23.7 Å². The molecule has 32 heavy (non-hydrogen) atoms. The molecule has 2 nitrogen and oxygen atoms in total. The molecule has 0 aromatic heterocycles. The SMILES string of the molecule is CC1=CCC(C)CC1.CC1=CCC(C)CC1.CC1CCC(C)OC1.CC1CCC(C)OC1. The summed E-state index contributed by atoms with van der Waals surface area (Å²) in [5.74, 6) is 3.48. The van der Waals surface area contributed by atoms with Gasteiger partial charge < -0.3 is 9.47 Å². The van der Waals surface area contributed by atoms with E-state index in [2.05, 4.69) is 67.5 Å². The minimum atomic E-state index is 0.520. The summed E-state index contributed by atoms with van der Waals surface area (Å²) in [6.07, 6.45) is 19.1. The molecular weight excluding hydrogens is 392 g/mol. The average Bonchev–Trinajstić information content (AvgIpc) is 2.78. The maximum atomic E-state index is 5.39. The molecule has 4 aliphatic rings. The van der Waals surface area contributed by atoms with Gasteiger partial charge in [0, 0.05) is 13.2 Å². The van der Waals surface area contributed by atoms with E-state index in [9.17, 15) is 0 Å². The molecule has 4 rings (SSSR count). The molecule has 6 atom stereocenters. The zero-order chi connectivity index (χ0) is 23.9. The molecule has 0 aromatic carbocycles. The van der Waals surface area contributed by atoms with Crippen LogP contribution in [0.1, 0.15) is 120 Å². The molecule has 2 aliphatic carbocycles. The summed E-state index contributed by atoms with van der Waals surface area (Å²) in [4.78, 5) is 0. The molecule has 2 heterocycles. The Hall–Kier alpha value is -0.600. The van der Waals surface area contributed by atoms with E-state index in [0.29, 0.717) is 12.2 Å². The third-order valence-electron chi connectivity index (χ3n) is 7.26. The number of allylic oxidation sites excluding steroid dienone is 4. The zero-order valence-electron chi connectivity index (χ0n) is 22.9. The molecule has 0 amide bonds. The number of rotatable bonds is 0. The first-order valence-electron chi connectivity index (χ1n) is 13.7. The Morgan fingerprint density at radius 1 is 0.531 bits per heavy atom. The Kier molecular flexibility index (Phi) is 15.6. The Labute approximate surface area is 201 Å². The summed E-state index contributed by atoms with van der Waals surface area (Å²) in [7, 11) is 0. The predicted molar refractivity (Wildman–Crippen MR) is 141 cm³/mol. The number of hydrogen-bond donors (Lipinski definition) is 0. The highest BCUT2D eigenvalue weighted by Crippen LogP contribution is 2.22. The van der Waals surface area contributed by atoms with E-state index in [0.717, 1.165) is 36.9 Å². The summed E-state index contributed by atoms with van der Waals surface area (Å²) in [5.41, 5.74) is 3.17. The summed E-state index contributed by atoms with van der Waals surface area (Å²) in [6.45, 7) is 19.8. The fourth-order valence-corrected chi connectivity index (χ4v) is 4.22. The average molecular weight is 449 g/mol. The van der Waals surface area contributed by atoms with Crippen LogP contribution in [0.3, 0.4) is 0 Å². The van der Waals surface area contributed by atoms with Gasteiger partial charge in [0.15, 0.2) is 0 Å². The van der Waals surface area contributed by atoms with Gasteiger partial charge in [0.25, 0.3) is 0 Å². The van der Waals surface area contributed by atoms with Gasteiger partial charge in [-0.2, -0.15) is 0 Å². The van der Waals surface area contributed by atoms with Crippen molar-refractivity contribution in [2.45, 2.75) is 132 Å². The molecule has 2 fully saturated rings. The lowest BCUT2D eigenvalue weighted by Gasteiger charge is -2.23. The molecule has 0 N–H and O–H groups in total. The van der Waals surface area contributed by atoms with Crippen molar-refractivity contribution in [3.63, 3.8) is 0 Å². The predicted octanol–water partition coefficient (Wildman–Crippen LogP) is 9.15. The zero-order valence-corrected chi connectivity index (χ0v) is 22.9. The molecule has 0 aromatic rings. The van der Waals surface area contributed by atoms with E-state index in [4.69, 9.17) is 9.47 Å². The number of hydrogen-bond acceptors (Lipinski definition) is 2. The van der Waals surface area contributed by atoms with Crippen LogP contribution in [-0.4, -0.2) is 25.4 Å². The lowest BCUT2D eigenvalue weighted by Crippen LogP contribution is -2.21. The minimum absolute atomic E-state index is 0.520. The fraction of sp³-hybridized carbons (Fsp3) is 0.867. The third-order valence-corrected chi connectivity index (χ3v) is 7.26. The standard InChI is InChI=1S/2C8H14.2C7H14O/c2*1-7-3-5-8(2)6-4-7;2*1-6-3-4-7(2)8-5-6/h2*3,8H,4-6H2,1-2H3;2*6-7H,3-5H2,1-2H3. The second-order valence-corrected chi connectivity index (χ2v) is 11.5. The molecule has 2 aliphatic heterocycles. The van der Waals surface area contributed by atoms with Crippen molar-refractivity contribution >= 4 is 0 Å². The molecule has 0 saturated carbocycles. The second-order valence-electron chi connectivity index (χ2n) is 11.5. The fourth-order valence-electron chi connectivity index (χ4n) is 4.22. The highest BCUT2D eigenvalue weighted by molar-refractivity contribution is 5.02. The van der Waals surface area contributed by atoms with E-state index >= 15 is 0 Å². The van der Waals surface area contributed by atoms with Crippen molar-refractivity contribution < 1.29 is 9.47 Å². The minimum Gasteiger partial charge on any atom is -0.378 e. The van der Waals surface area contributed by atoms with Crippen LogP contribution >= 0.6 is 0 Å². The van der Waals surface area contributed by atoms with Gasteiger partial charge in [-0.15, -0.1) is 0 Å². The molecule has 6 unspecified atom stereocenters. The third kappa shape index (κ3) is 15.3. The van der Waals surface area contributed by atoms with Gasteiger partial charge in [-0.05, 0) is 116 Å². The molecule has 188 valence electrons. The van der Waals surface area contributed by atoms with Gasteiger partial charge in [-0.1, -0.05) is 51.0 Å². The number of ether oxygens (including phenoxy) is 2. The van der Waals surface area contributed by atoms with Crippen LogP contribution in [0, 0.1) is 23.7 Å². The maximum absolute atomic E-state index is 5.39. The summed E-state index contributed by atoms with van der Waals surface area (Å²) >= 11 is 0. The first-order chi connectivity index (χ1) is 15.2. The molecule has 0 bridgehead atoms. The monoisotopic (exact) mass is 448 g/mol. The maximum Gasteiger partial charge on any atom is 0.0547 e. The molecule has 2 heteroatoms. The topological polar surface area (TPSA) is 18.5 Å². The van der Waals surface area contributed by atoms with E-state index < -0.39 is 0 Å². The Morgan fingerprint density at radius 3 is 1.09 bits per heavy atom. The molecule has 0 radical (unpaired) electrons. The lowest BCUT2D eigenvalue weighted by molar-refractivity contribution is 0.000174. The Morgan fingerprint density at radius 2 is 0.906 bits per heavy atom. The first kappa shape index (κ1) is 29.4. The van der Waals surface area contributed by atoms with Gasteiger partial charge in [-0.3, -0.25) is 0 Å². The van der Waals surface area contributed by atoms with E-state index in [1.165, 1.54) is 64.2 Å². The van der Waals surface area contributed by atoms with Crippen LogP contribution in [-0.2, 0) is 9.47 Å². The molecule has 2 saturated heterocycles.